The number of aliphatic hydroxyl groups excluding tert-OH is 1. The summed E-state index contributed by atoms with van der Waals surface area (Å²) in [6, 6.07) is 17.4. The molecular formula is C60H78ClN7O8S2. The minimum atomic E-state index is -3.52. The van der Waals surface area contributed by atoms with Crippen LogP contribution in [-0.2, 0) is 48.4 Å². The van der Waals surface area contributed by atoms with Gasteiger partial charge in [0.05, 0.1) is 49.2 Å². The Kier molecular flexibility index (Phi) is 20.3. The zero-order valence-electron chi connectivity index (χ0n) is 46.7. The van der Waals surface area contributed by atoms with E-state index in [1.807, 2.05) is 82.3 Å². The number of aromatic nitrogens is 3. The molecular weight excluding hydrogens is 1050 g/mol. The normalized spacial score (nSPS) is 16.7. The van der Waals surface area contributed by atoms with Crippen LogP contribution in [0.25, 0.3) is 10.4 Å². The molecule has 0 radical (unpaired) electrons. The van der Waals surface area contributed by atoms with Gasteiger partial charge in [-0.2, -0.15) is 0 Å². The molecule has 4 heterocycles. The van der Waals surface area contributed by atoms with Crippen molar-refractivity contribution in [1.82, 2.24) is 35.4 Å². The number of aliphatic hydroxyl groups is 1. The van der Waals surface area contributed by atoms with E-state index in [0.29, 0.717) is 60.9 Å². The van der Waals surface area contributed by atoms with Crippen molar-refractivity contribution in [3.63, 3.8) is 0 Å². The highest BCUT2D eigenvalue weighted by atomic mass is 35.5. The molecule has 7 rings (SSSR count). The Morgan fingerprint density at radius 2 is 1.59 bits per heavy atom. The van der Waals surface area contributed by atoms with Crippen LogP contribution in [0.1, 0.15) is 157 Å². The summed E-state index contributed by atoms with van der Waals surface area (Å²) < 4.78 is 32.8. The number of likely N-dealkylation sites (tertiary alicyclic amines) is 2. The number of benzene rings is 3. The molecule has 5 aromatic rings. The molecule has 15 nitrogen and oxygen atoms in total. The van der Waals surface area contributed by atoms with E-state index in [4.69, 9.17) is 21.3 Å². The number of β-amino-alcohol motifs (C(OH)–C–C–N with tert-alkyl or cyclic N) is 1. The molecule has 2 aromatic heterocycles. The number of carbonyl (C=O) groups excluding carboxylic acids is 4. The quantitative estimate of drug-likeness (QED) is 0.0557. The van der Waals surface area contributed by atoms with Gasteiger partial charge in [0.1, 0.15) is 23.7 Å². The molecule has 2 fully saturated rings. The number of hydrogen-bond donors (Lipinski definition) is 3. The van der Waals surface area contributed by atoms with E-state index in [1.165, 1.54) is 10.5 Å². The van der Waals surface area contributed by atoms with Gasteiger partial charge in [0.25, 0.3) is 0 Å². The molecule has 0 aliphatic carbocycles. The number of ether oxygens (including phenoxy) is 1. The van der Waals surface area contributed by atoms with Gasteiger partial charge in [0.15, 0.2) is 9.84 Å². The molecule has 18 heteroatoms. The number of rotatable bonds is 22. The van der Waals surface area contributed by atoms with E-state index in [0.717, 1.165) is 64.3 Å². The van der Waals surface area contributed by atoms with E-state index < -0.39 is 44.6 Å². The topological polar surface area (TPSA) is 201 Å². The van der Waals surface area contributed by atoms with Crippen LogP contribution in [0.3, 0.4) is 0 Å². The number of amides is 4. The first-order valence-electron chi connectivity index (χ1n) is 27.4. The fraction of sp³-hybridized carbons (Fsp3) is 0.517. The Balaban J connectivity index is 0.853. The van der Waals surface area contributed by atoms with Gasteiger partial charge in [-0.25, -0.2) is 23.4 Å². The SMILES string of the molecule is Cc1cc(Cc2ncc(Cl)c(Cc3ccccc3S(=O)(=O)C(C)C)n2)c(OC(C)C)cc1C1CCN(C(=O)CCCCCCC(=O)N[C@H](C(=O)N2C[C@H](O)C[C@H]2C(=O)NCc2ccc(-c3scnc3C)cc2)C(C)(C)C)CC1. The number of nitrogens with one attached hydrogen (secondary N) is 2. The first-order chi connectivity index (χ1) is 37.0. The van der Waals surface area contributed by atoms with Gasteiger partial charge < -0.3 is 30.3 Å². The standard InChI is InChI=1S/C60H78ClN7O8S2/c1-37(2)76-51-32-47(39(5)28-45(51)30-53-62-34-48(61)49(65-53)29-44-16-14-15-17-52(44)78(74,75)38(3)4)42-24-26-67(27-25-42)55(71)19-13-11-10-12-18-54(70)66-57(60(7,8)9)59(73)68-35-46(69)31-50(68)58(72)63-33-41-20-22-43(23-21-41)56-40(6)64-36-77-56/h14-17,20-23,28,32,34,36-38,42,46,50,57,69H,10-13,18-19,24-27,29-31,33,35H2,1-9H3,(H,63,72)(H,66,70)/t46-,50+,57-/m1/s1. The van der Waals surface area contributed by atoms with Crippen molar-refractivity contribution >= 4 is 56.4 Å². The fourth-order valence-corrected chi connectivity index (χ4v) is 12.7. The highest BCUT2D eigenvalue weighted by molar-refractivity contribution is 7.92. The average Bonchev–Trinajstić information content (AvgIpc) is 4.02. The van der Waals surface area contributed by atoms with Crippen molar-refractivity contribution in [2.75, 3.05) is 19.6 Å². The number of thiazole rings is 1. The maximum atomic E-state index is 14.1. The number of carbonyl (C=O) groups is 4. The van der Waals surface area contributed by atoms with Gasteiger partial charge in [-0.3, -0.25) is 19.2 Å². The van der Waals surface area contributed by atoms with Crippen LogP contribution in [0, 0.1) is 19.3 Å². The van der Waals surface area contributed by atoms with E-state index in [-0.39, 0.29) is 67.0 Å². The summed E-state index contributed by atoms with van der Waals surface area (Å²) >= 11 is 8.19. The molecule has 0 spiro atoms. The average molecular weight is 1120 g/mol. The van der Waals surface area contributed by atoms with E-state index in [1.54, 1.807) is 49.6 Å². The number of nitrogens with zero attached hydrogens (tertiary/aromatic N) is 5. The third-order valence-electron chi connectivity index (χ3n) is 14.8. The molecule has 2 aliphatic heterocycles. The fourth-order valence-electron chi connectivity index (χ4n) is 10.4. The van der Waals surface area contributed by atoms with Gasteiger partial charge in [0.2, 0.25) is 23.6 Å². The Morgan fingerprint density at radius 3 is 2.24 bits per heavy atom. The largest absolute Gasteiger partial charge is 0.491 e. The third-order valence-corrected chi connectivity index (χ3v) is 18.4. The van der Waals surface area contributed by atoms with Crippen molar-refractivity contribution in [3.8, 4) is 16.2 Å². The molecule has 0 bridgehead atoms. The van der Waals surface area contributed by atoms with Gasteiger partial charge in [-0.1, -0.05) is 93.7 Å². The van der Waals surface area contributed by atoms with Gasteiger partial charge in [0, 0.05) is 70.0 Å². The summed E-state index contributed by atoms with van der Waals surface area (Å²) in [5.41, 5.74) is 8.51. The zero-order valence-corrected chi connectivity index (χ0v) is 49.1. The first kappa shape index (κ1) is 59.9. The van der Waals surface area contributed by atoms with Crippen LogP contribution >= 0.6 is 22.9 Å². The Morgan fingerprint density at radius 1 is 0.897 bits per heavy atom. The molecule has 2 aliphatic rings. The van der Waals surface area contributed by atoms with Crippen LogP contribution < -0.4 is 15.4 Å². The van der Waals surface area contributed by atoms with Crippen LogP contribution in [0.4, 0.5) is 0 Å². The lowest BCUT2D eigenvalue weighted by atomic mass is 9.85. The number of halogens is 1. The summed E-state index contributed by atoms with van der Waals surface area (Å²) in [6.45, 7) is 18.6. The molecule has 3 N–H and O–H groups in total. The number of unbranched alkanes of at least 4 members (excludes halogenated alkanes) is 3. The Hall–Kier alpha value is -5.75. The summed E-state index contributed by atoms with van der Waals surface area (Å²) in [6.07, 6.45) is 6.54. The predicted octanol–water partition coefficient (Wildman–Crippen LogP) is 9.88. The van der Waals surface area contributed by atoms with Gasteiger partial charge in [-0.05, 0) is 119 Å². The van der Waals surface area contributed by atoms with Crippen molar-refractivity contribution in [3.05, 3.63) is 122 Å². The van der Waals surface area contributed by atoms with Crippen LogP contribution in [0.15, 0.2) is 77.3 Å². The second kappa shape index (κ2) is 26.5. The monoisotopic (exact) mass is 1120 g/mol. The molecule has 0 saturated carbocycles. The number of piperidine rings is 1. The maximum Gasteiger partial charge on any atom is 0.246 e. The lowest BCUT2D eigenvalue weighted by Crippen LogP contribution is -2.57. The summed E-state index contributed by atoms with van der Waals surface area (Å²) in [4.78, 5) is 72.9. The third kappa shape index (κ3) is 15.3. The highest BCUT2D eigenvalue weighted by Crippen LogP contribution is 2.37. The zero-order chi connectivity index (χ0) is 56.5. The van der Waals surface area contributed by atoms with Crippen LogP contribution in [0.2, 0.25) is 5.02 Å². The van der Waals surface area contributed by atoms with Crippen molar-refractivity contribution in [1.29, 1.82) is 0 Å². The predicted molar refractivity (Wildman–Crippen MR) is 306 cm³/mol. The van der Waals surface area contributed by atoms with E-state index in [2.05, 4.69) is 39.7 Å². The number of sulfone groups is 1. The van der Waals surface area contributed by atoms with E-state index >= 15 is 0 Å². The lowest BCUT2D eigenvalue weighted by molar-refractivity contribution is -0.144. The Bertz CT molecular complexity index is 3020. The van der Waals surface area contributed by atoms with Crippen molar-refractivity contribution < 1.29 is 37.4 Å². The second-order valence-corrected chi connectivity index (χ2v) is 26.4. The molecule has 78 heavy (non-hydrogen) atoms. The number of hydrogen-bond acceptors (Lipinski definition) is 12. The molecule has 3 aromatic carbocycles. The van der Waals surface area contributed by atoms with Crippen molar-refractivity contribution in [2.45, 2.75) is 180 Å². The molecule has 3 atom stereocenters. The lowest BCUT2D eigenvalue weighted by Gasteiger charge is -2.35. The number of aryl methyl sites for hydroxylation is 2. The van der Waals surface area contributed by atoms with Crippen LogP contribution in [0.5, 0.6) is 5.75 Å². The summed E-state index contributed by atoms with van der Waals surface area (Å²) in [7, 11) is -3.52. The smallest absolute Gasteiger partial charge is 0.246 e. The molecule has 4 amide bonds. The summed E-state index contributed by atoms with van der Waals surface area (Å²) in [5, 5.41) is 16.4. The highest BCUT2D eigenvalue weighted by Gasteiger charge is 2.44. The van der Waals surface area contributed by atoms with E-state index in [9.17, 15) is 32.7 Å². The molecule has 420 valence electrons. The molecule has 2 saturated heterocycles. The first-order valence-corrected chi connectivity index (χ1v) is 30.2. The Labute approximate surface area is 470 Å². The van der Waals surface area contributed by atoms with Gasteiger partial charge in [-0.15, -0.1) is 11.3 Å². The summed E-state index contributed by atoms with van der Waals surface area (Å²) in [5.74, 6) is 0.685. The molecule has 0 unspecified atom stereocenters. The van der Waals surface area contributed by atoms with Gasteiger partial charge >= 0.3 is 0 Å². The minimum absolute atomic E-state index is 0.00331. The van der Waals surface area contributed by atoms with Crippen molar-refractivity contribution in [2.24, 2.45) is 5.41 Å². The van der Waals surface area contributed by atoms with Crippen LogP contribution in [-0.4, -0.2) is 111 Å². The minimum Gasteiger partial charge on any atom is -0.491 e. The second-order valence-electron chi connectivity index (χ2n) is 22.6. The maximum absolute atomic E-state index is 14.1.